The summed E-state index contributed by atoms with van der Waals surface area (Å²) in [5, 5.41) is 11.2. The van der Waals surface area contributed by atoms with Gasteiger partial charge in [-0.25, -0.2) is 4.68 Å². The number of hydrogen-bond donors (Lipinski definition) is 0. The minimum absolute atomic E-state index is 0.788. The smallest absolute Gasteiger partial charge is 0.181 e. The Morgan fingerprint density at radius 2 is 1.92 bits per heavy atom. The lowest BCUT2D eigenvalue weighted by molar-refractivity contribution is 0.714. The van der Waals surface area contributed by atoms with Crippen molar-refractivity contribution in [2.45, 2.75) is 0 Å². The number of benzene rings is 1. The summed E-state index contributed by atoms with van der Waals surface area (Å²) < 4.78 is 1.65. The van der Waals surface area contributed by atoms with Crippen LogP contribution in [0.3, 0.4) is 0 Å². The van der Waals surface area contributed by atoms with Crippen LogP contribution in [0.25, 0.3) is 11.4 Å². The van der Waals surface area contributed by atoms with Crippen LogP contribution in [0.2, 0.25) is 0 Å². The number of tetrazole rings is 1. The third kappa shape index (κ3) is 1.07. The quantitative estimate of drug-likeness (QED) is 0.622. The van der Waals surface area contributed by atoms with Crippen LogP contribution in [0.4, 0.5) is 0 Å². The number of nitrogens with zero attached hydrogens (tertiary/aromatic N) is 4. The second-order valence-corrected chi connectivity index (χ2v) is 2.49. The SMILES string of the molecule is Cn1nnnc1-c1ccccc1. The van der Waals surface area contributed by atoms with E-state index in [1.165, 1.54) is 0 Å². The molecule has 1 heterocycles. The average molecular weight is 160 g/mol. The van der Waals surface area contributed by atoms with Gasteiger partial charge in [-0.2, -0.15) is 0 Å². The van der Waals surface area contributed by atoms with Gasteiger partial charge in [0.25, 0.3) is 0 Å². The van der Waals surface area contributed by atoms with Gasteiger partial charge in [0.15, 0.2) is 5.82 Å². The van der Waals surface area contributed by atoms with E-state index in [1.807, 2.05) is 37.4 Å². The van der Waals surface area contributed by atoms with Gasteiger partial charge in [0.1, 0.15) is 0 Å². The third-order valence-electron chi connectivity index (χ3n) is 1.65. The van der Waals surface area contributed by atoms with Gasteiger partial charge in [-0.05, 0) is 10.4 Å². The Morgan fingerprint density at radius 3 is 2.50 bits per heavy atom. The van der Waals surface area contributed by atoms with E-state index in [0.29, 0.717) is 0 Å². The van der Waals surface area contributed by atoms with Gasteiger partial charge in [-0.1, -0.05) is 30.3 Å². The topological polar surface area (TPSA) is 43.6 Å². The molecule has 4 nitrogen and oxygen atoms in total. The molecule has 0 aliphatic heterocycles. The second-order valence-electron chi connectivity index (χ2n) is 2.49. The Balaban J connectivity index is 2.51. The van der Waals surface area contributed by atoms with Crippen molar-refractivity contribution in [2.24, 2.45) is 7.05 Å². The van der Waals surface area contributed by atoms with Crippen molar-refractivity contribution in [2.75, 3.05) is 0 Å². The summed E-state index contributed by atoms with van der Waals surface area (Å²) >= 11 is 0. The molecule has 0 bridgehead atoms. The van der Waals surface area contributed by atoms with E-state index in [-0.39, 0.29) is 0 Å². The third-order valence-corrected chi connectivity index (χ3v) is 1.65. The van der Waals surface area contributed by atoms with Crippen LogP contribution < -0.4 is 0 Å². The molecule has 0 aliphatic rings. The molecular weight excluding hydrogens is 152 g/mol. The first-order valence-corrected chi connectivity index (χ1v) is 3.66. The molecule has 0 amide bonds. The maximum absolute atomic E-state index is 3.89. The highest BCUT2D eigenvalue weighted by Gasteiger charge is 2.02. The van der Waals surface area contributed by atoms with Crippen LogP contribution in [0.5, 0.6) is 0 Å². The Morgan fingerprint density at radius 1 is 1.17 bits per heavy atom. The lowest BCUT2D eigenvalue weighted by atomic mass is 10.2. The lowest BCUT2D eigenvalue weighted by Gasteiger charge is -1.95. The average Bonchev–Trinajstić information content (AvgIpc) is 2.53. The van der Waals surface area contributed by atoms with Crippen LogP contribution in [-0.4, -0.2) is 20.2 Å². The zero-order valence-corrected chi connectivity index (χ0v) is 6.68. The van der Waals surface area contributed by atoms with Crippen LogP contribution >= 0.6 is 0 Å². The van der Waals surface area contributed by atoms with E-state index < -0.39 is 0 Å². The van der Waals surface area contributed by atoms with Gasteiger partial charge in [0.2, 0.25) is 0 Å². The summed E-state index contributed by atoms with van der Waals surface area (Å²) in [4.78, 5) is 0. The number of aromatic nitrogens is 4. The first kappa shape index (κ1) is 6.97. The molecule has 0 N–H and O–H groups in total. The number of aryl methyl sites for hydroxylation is 1. The first-order valence-electron chi connectivity index (χ1n) is 3.66. The van der Waals surface area contributed by atoms with Gasteiger partial charge in [0.05, 0.1) is 0 Å². The first-order chi connectivity index (χ1) is 5.88. The van der Waals surface area contributed by atoms with Crippen molar-refractivity contribution in [3.63, 3.8) is 0 Å². The molecule has 60 valence electrons. The van der Waals surface area contributed by atoms with E-state index in [4.69, 9.17) is 0 Å². The molecule has 0 spiro atoms. The summed E-state index contributed by atoms with van der Waals surface area (Å²) in [5.41, 5.74) is 1.03. The fourth-order valence-corrected chi connectivity index (χ4v) is 1.06. The van der Waals surface area contributed by atoms with Gasteiger partial charge in [0, 0.05) is 12.6 Å². The standard InChI is InChI=1S/C8H8N4/c1-12-8(9-10-11-12)7-5-3-2-4-6-7/h2-6H,1H3. The van der Waals surface area contributed by atoms with Crippen LogP contribution in [0.15, 0.2) is 30.3 Å². The predicted molar refractivity (Wildman–Crippen MR) is 44.2 cm³/mol. The molecule has 0 fully saturated rings. The number of rotatable bonds is 1. The molecule has 2 rings (SSSR count). The number of hydrogen-bond acceptors (Lipinski definition) is 3. The molecule has 12 heavy (non-hydrogen) atoms. The Hall–Kier alpha value is -1.71. The predicted octanol–water partition coefficient (Wildman–Crippen LogP) is 0.877. The van der Waals surface area contributed by atoms with Crippen molar-refractivity contribution >= 4 is 0 Å². The summed E-state index contributed by atoms with van der Waals surface area (Å²) in [5.74, 6) is 0.788. The summed E-state index contributed by atoms with van der Waals surface area (Å²) in [6.45, 7) is 0. The molecule has 0 radical (unpaired) electrons. The molecular formula is C8H8N4. The van der Waals surface area contributed by atoms with Gasteiger partial charge < -0.3 is 0 Å². The normalized spacial score (nSPS) is 10.1. The highest BCUT2D eigenvalue weighted by Crippen LogP contribution is 2.12. The van der Waals surface area contributed by atoms with Crippen molar-refractivity contribution in [1.82, 2.24) is 20.2 Å². The Bertz CT molecular complexity index is 366. The molecule has 0 unspecified atom stereocenters. The molecule has 1 aromatic carbocycles. The van der Waals surface area contributed by atoms with Gasteiger partial charge in [-0.3, -0.25) is 0 Å². The minimum Gasteiger partial charge on any atom is -0.229 e. The van der Waals surface area contributed by atoms with Crippen molar-refractivity contribution in [3.8, 4) is 11.4 Å². The van der Waals surface area contributed by atoms with E-state index in [9.17, 15) is 0 Å². The minimum atomic E-state index is 0.788. The molecule has 0 atom stereocenters. The fraction of sp³-hybridized carbons (Fsp3) is 0.125. The molecule has 2 aromatic rings. The van der Waals surface area contributed by atoms with Crippen molar-refractivity contribution < 1.29 is 0 Å². The van der Waals surface area contributed by atoms with Crippen molar-refractivity contribution in [1.29, 1.82) is 0 Å². The van der Waals surface area contributed by atoms with E-state index >= 15 is 0 Å². The highest BCUT2D eigenvalue weighted by atomic mass is 15.5. The molecule has 1 aromatic heterocycles. The van der Waals surface area contributed by atoms with Crippen molar-refractivity contribution in [3.05, 3.63) is 30.3 Å². The fourth-order valence-electron chi connectivity index (χ4n) is 1.06. The highest BCUT2D eigenvalue weighted by molar-refractivity contribution is 5.53. The van der Waals surface area contributed by atoms with Gasteiger partial charge >= 0.3 is 0 Å². The zero-order chi connectivity index (χ0) is 8.39. The Kier molecular flexibility index (Phi) is 1.59. The zero-order valence-electron chi connectivity index (χ0n) is 6.68. The molecule has 4 heteroatoms. The second kappa shape index (κ2) is 2.73. The van der Waals surface area contributed by atoms with Crippen LogP contribution in [0, 0.1) is 0 Å². The maximum Gasteiger partial charge on any atom is 0.181 e. The largest absolute Gasteiger partial charge is 0.229 e. The van der Waals surface area contributed by atoms with Gasteiger partial charge in [-0.15, -0.1) is 5.10 Å². The summed E-state index contributed by atoms with van der Waals surface area (Å²) in [7, 11) is 1.82. The summed E-state index contributed by atoms with van der Waals surface area (Å²) in [6, 6.07) is 9.85. The monoisotopic (exact) mass is 160 g/mol. The maximum atomic E-state index is 3.89. The Labute approximate surface area is 69.8 Å². The van der Waals surface area contributed by atoms with E-state index in [2.05, 4.69) is 15.5 Å². The molecule has 0 saturated carbocycles. The molecule has 0 aliphatic carbocycles. The van der Waals surface area contributed by atoms with E-state index in [1.54, 1.807) is 4.68 Å². The summed E-state index contributed by atoms with van der Waals surface area (Å²) in [6.07, 6.45) is 0. The molecule has 0 saturated heterocycles. The van der Waals surface area contributed by atoms with Crippen LogP contribution in [-0.2, 0) is 7.05 Å². The van der Waals surface area contributed by atoms with E-state index in [0.717, 1.165) is 11.4 Å². The lowest BCUT2D eigenvalue weighted by Crippen LogP contribution is -1.93. The van der Waals surface area contributed by atoms with Crippen LogP contribution in [0.1, 0.15) is 0 Å².